The molecule has 0 atom stereocenters. The van der Waals surface area contributed by atoms with Crippen molar-refractivity contribution in [1.29, 1.82) is 0 Å². The van der Waals surface area contributed by atoms with Gasteiger partial charge in [0.05, 0.1) is 30.4 Å². The van der Waals surface area contributed by atoms with Gasteiger partial charge in [-0.1, -0.05) is 18.2 Å². The second-order valence-electron chi connectivity index (χ2n) is 7.60. The molecule has 1 amide bonds. The number of anilines is 2. The summed E-state index contributed by atoms with van der Waals surface area (Å²) in [7, 11) is 0.215. The molecule has 0 spiro atoms. The molecule has 0 bridgehead atoms. The number of amides is 1. The predicted octanol–water partition coefficient (Wildman–Crippen LogP) is 4.18. The van der Waals surface area contributed by atoms with E-state index in [2.05, 4.69) is 5.32 Å². The number of benzene rings is 3. The first-order chi connectivity index (χ1) is 16.1. The molecule has 0 unspecified atom stereocenters. The number of carbonyl (C=O) groups excluding carboxylic acids is 2. The number of nitrogens with one attached hydrogen (secondary N) is 1. The average Bonchev–Trinajstić information content (AvgIpc) is 2.84. The standard InChI is InChI=1S/C25H26N2O6S/c1-16-10-12-19(34(30,31)27(3)22-8-6-7-9-23(22)32-4)15-20(16)24(28)26-21-13-11-18(14-17(21)2)25(29)33-5/h6-15H,1-5H3,(H,26,28). The zero-order valence-electron chi connectivity index (χ0n) is 19.6. The summed E-state index contributed by atoms with van der Waals surface area (Å²) >= 11 is 0. The van der Waals surface area contributed by atoms with Crippen molar-refractivity contribution in [3.05, 3.63) is 82.9 Å². The summed E-state index contributed by atoms with van der Waals surface area (Å²) in [6.07, 6.45) is 0. The minimum atomic E-state index is -3.97. The fourth-order valence-electron chi connectivity index (χ4n) is 3.42. The lowest BCUT2D eigenvalue weighted by atomic mass is 10.1. The van der Waals surface area contributed by atoms with Gasteiger partial charge in [0.25, 0.3) is 15.9 Å². The first-order valence-electron chi connectivity index (χ1n) is 10.3. The number of ether oxygens (including phenoxy) is 2. The first kappa shape index (κ1) is 24.8. The Morgan fingerprint density at radius 3 is 2.26 bits per heavy atom. The Kier molecular flexibility index (Phi) is 7.26. The number of hydrogen-bond acceptors (Lipinski definition) is 6. The van der Waals surface area contributed by atoms with Crippen molar-refractivity contribution >= 4 is 33.3 Å². The molecule has 0 aliphatic rings. The van der Waals surface area contributed by atoms with Crippen LogP contribution in [0.3, 0.4) is 0 Å². The van der Waals surface area contributed by atoms with E-state index in [4.69, 9.17) is 9.47 Å². The first-order valence-corrected chi connectivity index (χ1v) is 11.8. The van der Waals surface area contributed by atoms with E-state index in [1.165, 1.54) is 33.4 Å². The number of esters is 1. The summed E-state index contributed by atoms with van der Waals surface area (Å²) in [6, 6.07) is 15.9. The Morgan fingerprint density at radius 2 is 1.62 bits per heavy atom. The van der Waals surface area contributed by atoms with Crippen LogP contribution in [0.4, 0.5) is 11.4 Å². The lowest BCUT2D eigenvalue weighted by Gasteiger charge is -2.22. The number of aryl methyl sites for hydroxylation is 2. The summed E-state index contributed by atoms with van der Waals surface area (Å²) in [5.41, 5.74) is 2.72. The Morgan fingerprint density at radius 1 is 0.912 bits per heavy atom. The molecule has 0 aliphatic heterocycles. The maximum absolute atomic E-state index is 13.3. The van der Waals surface area contributed by atoms with Gasteiger partial charge < -0.3 is 14.8 Å². The molecule has 0 saturated carbocycles. The van der Waals surface area contributed by atoms with Crippen molar-refractivity contribution in [3.8, 4) is 5.75 Å². The molecule has 0 saturated heterocycles. The highest BCUT2D eigenvalue weighted by atomic mass is 32.2. The summed E-state index contributed by atoms with van der Waals surface area (Å²) in [5.74, 6) is -0.540. The van der Waals surface area contributed by atoms with E-state index >= 15 is 0 Å². The Hall–Kier alpha value is -3.85. The largest absolute Gasteiger partial charge is 0.495 e. The average molecular weight is 483 g/mol. The fraction of sp³-hybridized carbons (Fsp3) is 0.200. The third kappa shape index (κ3) is 4.89. The molecule has 0 fully saturated rings. The van der Waals surface area contributed by atoms with Gasteiger partial charge in [-0.05, 0) is 67.4 Å². The van der Waals surface area contributed by atoms with Crippen LogP contribution >= 0.6 is 0 Å². The van der Waals surface area contributed by atoms with E-state index in [1.807, 2.05) is 0 Å². The minimum Gasteiger partial charge on any atom is -0.495 e. The third-order valence-corrected chi connectivity index (χ3v) is 7.20. The van der Waals surface area contributed by atoms with Gasteiger partial charge in [0, 0.05) is 18.3 Å². The van der Waals surface area contributed by atoms with Crippen molar-refractivity contribution in [1.82, 2.24) is 0 Å². The van der Waals surface area contributed by atoms with E-state index in [-0.39, 0.29) is 10.5 Å². The van der Waals surface area contributed by atoms with Crippen LogP contribution in [-0.2, 0) is 14.8 Å². The van der Waals surface area contributed by atoms with Gasteiger partial charge in [-0.3, -0.25) is 9.10 Å². The Balaban J connectivity index is 1.93. The van der Waals surface area contributed by atoms with Gasteiger partial charge >= 0.3 is 5.97 Å². The number of carbonyl (C=O) groups is 2. The Labute approximate surface area is 199 Å². The van der Waals surface area contributed by atoms with Gasteiger partial charge in [0.1, 0.15) is 5.75 Å². The second kappa shape index (κ2) is 9.96. The van der Waals surface area contributed by atoms with E-state index in [1.54, 1.807) is 62.4 Å². The smallest absolute Gasteiger partial charge is 0.337 e. The van der Waals surface area contributed by atoms with Gasteiger partial charge in [0.2, 0.25) is 0 Å². The lowest BCUT2D eigenvalue weighted by Crippen LogP contribution is -2.27. The fourth-order valence-corrected chi connectivity index (χ4v) is 4.65. The maximum Gasteiger partial charge on any atom is 0.337 e. The molecule has 9 heteroatoms. The van der Waals surface area contributed by atoms with Crippen LogP contribution in [-0.4, -0.2) is 41.6 Å². The highest BCUT2D eigenvalue weighted by Gasteiger charge is 2.25. The van der Waals surface area contributed by atoms with Crippen molar-refractivity contribution in [3.63, 3.8) is 0 Å². The van der Waals surface area contributed by atoms with E-state index in [0.29, 0.717) is 33.8 Å². The summed E-state index contributed by atoms with van der Waals surface area (Å²) in [6.45, 7) is 3.47. The van der Waals surface area contributed by atoms with Crippen LogP contribution in [0.25, 0.3) is 0 Å². The van der Waals surface area contributed by atoms with Crippen molar-refractivity contribution < 1.29 is 27.5 Å². The lowest BCUT2D eigenvalue weighted by molar-refractivity contribution is 0.0600. The quantitative estimate of drug-likeness (QED) is 0.507. The van der Waals surface area contributed by atoms with Crippen LogP contribution in [0.1, 0.15) is 31.8 Å². The molecule has 1 N–H and O–H groups in total. The van der Waals surface area contributed by atoms with Crippen LogP contribution in [0, 0.1) is 13.8 Å². The van der Waals surface area contributed by atoms with Gasteiger partial charge in [-0.2, -0.15) is 0 Å². The van der Waals surface area contributed by atoms with Crippen LogP contribution in [0.5, 0.6) is 5.75 Å². The molecule has 178 valence electrons. The molecule has 3 aromatic rings. The Bertz CT molecular complexity index is 1350. The van der Waals surface area contributed by atoms with E-state index < -0.39 is 21.9 Å². The van der Waals surface area contributed by atoms with Crippen molar-refractivity contribution in [2.75, 3.05) is 30.9 Å². The zero-order valence-corrected chi connectivity index (χ0v) is 20.4. The SMILES string of the molecule is COC(=O)c1ccc(NC(=O)c2cc(S(=O)(=O)N(C)c3ccccc3OC)ccc2C)c(C)c1. The number of methoxy groups -OCH3 is 2. The topological polar surface area (TPSA) is 102 Å². The highest BCUT2D eigenvalue weighted by Crippen LogP contribution is 2.31. The molecule has 34 heavy (non-hydrogen) atoms. The van der Waals surface area contributed by atoms with Crippen molar-refractivity contribution in [2.24, 2.45) is 0 Å². The molecule has 8 nitrogen and oxygen atoms in total. The minimum absolute atomic E-state index is 0.0329. The number of hydrogen-bond donors (Lipinski definition) is 1. The van der Waals surface area contributed by atoms with Gasteiger partial charge in [0.15, 0.2) is 0 Å². The number of nitrogens with zero attached hydrogens (tertiary/aromatic N) is 1. The third-order valence-electron chi connectivity index (χ3n) is 5.43. The molecular weight excluding hydrogens is 456 g/mol. The van der Waals surface area contributed by atoms with Gasteiger partial charge in [-0.15, -0.1) is 0 Å². The zero-order chi connectivity index (χ0) is 25.0. The van der Waals surface area contributed by atoms with Crippen LogP contribution < -0.4 is 14.4 Å². The van der Waals surface area contributed by atoms with Gasteiger partial charge in [-0.25, -0.2) is 13.2 Å². The monoisotopic (exact) mass is 482 g/mol. The van der Waals surface area contributed by atoms with Crippen LogP contribution in [0.15, 0.2) is 65.6 Å². The van der Waals surface area contributed by atoms with Crippen LogP contribution in [0.2, 0.25) is 0 Å². The number of rotatable bonds is 7. The summed E-state index contributed by atoms with van der Waals surface area (Å²) in [4.78, 5) is 24.7. The second-order valence-corrected chi connectivity index (χ2v) is 9.57. The predicted molar refractivity (Wildman–Crippen MR) is 130 cm³/mol. The molecule has 0 radical (unpaired) electrons. The maximum atomic E-state index is 13.3. The molecule has 0 aliphatic carbocycles. The van der Waals surface area contributed by atoms with E-state index in [9.17, 15) is 18.0 Å². The molecule has 0 heterocycles. The molecule has 0 aromatic heterocycles. The molecule has 3 aromatic carbocycles. The summed E-state index contributed by atoms with van der Waals surface area (Å²) in [5, 5.41) is 2.79. The van der Waals surface area contributed by atoms with Crippen molar-refractivity contribution in [2.45, 2.75) is 18.7 Å². The molecular formula is C25H26N2O6S. The normalized spacial score (nSPS) is 11.0. The molecule has 3 rings (SSSR count). The highest BCUT2D eigenvalue weighted by molar-refractivity contribution is 7.92. The summed E-state index contributed by atoms with van der Waals surface area (Å²) < 4.78 is 37.8. The van der Waals surface area contributed by atoms with E-state index in [0.717, 1.165) is 4.31 Å². The number of sulfonamides is 1. The number of para-hydroxylation sites is 2.